The summed E-state index contributed by atoms with van der Waals surface area (Å²) in [5.74, 6) is 2.31. The topological polar surface area (TPSA) is 64.3 Å². The smallest absolute Gasteiger partial charge is 0.324 e. The van der Waals surface area contributed by atoms with Crippen molar-refractivity contribution in [3.8, 4) is 5.88 Å². The summed E-state index contributed by atoms with van der Waals surface area (Å²) in [4.78, 5) is 10.8. The van der Waals surface area contributed by atoms with Gasteiger partial charge in [0.25, 0.3) is 0 Å². The summed E-state index contributed by atoms with van der Waals surface area (Å²) >= 11 is 0. The van der Waals surface area contributed by atoms with E-state index in [1.807, 2.05) is 18.2 Å². The van der Waals surface area contributed by atoms with E-state index in [1.54, 1.807) is 6.20 Å². The van der Waals surface area contributed by atoms with Crippen molar-refractivity contribution in [3.63, 3.8) is 0 Å². The fraction of sp³-hybridized carbons (Fsp3) is 0.562. The van der Waals surface area contributed by atoms with E-state index in [2.05, 4.69) is 33.9 Å². The molecule has 2 aromatic rings. The van der Waals surface area contributed by atoms with Gasteiger partial charge in [-0.3, -0.25) is 0 Å². The number of hydrogen-bond acceptors (Lipinski definition) is 6. The highest BCUT2D eigenvalue weighted by atomic mass is 16.5. The van der Waals surface area contributed by atoms with Gasteiger partial charge in [-0.2, -0.15) is 4.98 Å². The minimum atomic E-state index is 0.293. The Kier molecular flexibility index (Phi) is 4.56. The van der Waals surface area contributed by atoms with E-state index in [0.29, 0.717) is 30.3 Å². The number of piperidine rings is 1. The molecule has 0 spiro atoms. The van der Waals surface area contributed by atoms with Crippen molar-refractivity contribution in [1.29, 1.82) is 0 Å². The van der Waals surface area contributed by atoms with Crippen LogP contribution in [0, 0.1) is 5.92 Å². The van der Waals surface area contributed by atoms with Crippen LogP contribution in [0.2, 0.25) is 0 Å². The van der Waals surface area contributed by atoms with Crippen LogP contribution in [0.15, 0.2) is 28.9 Å². The first-order valence-corrected chi connectivity index (χ1v) is 7.84. The van der Waals surface area contributed by atoms with Crippen molar-refractivity contribution in [2.75, 3.05) is 24.6 Å². The van der Waals surface area contributed by atoms with Crippen LogP contribution in [0.5, 0.6) is 5.88 Å². The highest BCUT2D eigenvalue weighted by Gasteiger charge is 2.24. The van der Waals surface area contributed by atoms with Gasteiger partial charge in [-0.1, -0.05) is 25.1 Å². The summed E-state index contributed by atoms with van der Waals surface area (Å²) < 4.78 is 11.1. The van der Waals surface area contributed by atoms with Gasteiger partial charge in [0.1, 0.15) is 0 Å². The van der Waals surface area contributed by atoms with Crippen molar-refractivity contribution >= 4 is 6.01 Å². The zero-order chi connectivity index (χ0) is 15.4. The Morgan fingerprint density at radius 2 is 2.14 bits per heavy atom. The predicted octanol–water partition coefficient (Wildman–Crippen LogP) is 2.88. The van der Waals surface area contributed by atoms with E-state index < -0.39 is 0 Å². The minimum Gasteiger partial charge on any atom is -0.477 e. The van der Waals surface area contributed by atoms with E-state index in [4.69, 9.17) is 9.26 Å². The first-order chi connectivity index (χ1) is 10.7. The molecule has 0 N–H and O–H groups in total. The van der Waals surface area contributed by atoms with Crippen LogP contribution >= 0.6 is 0 Å². The van der Waals surface area contributed by atoms with E-state index in [-0.39, 0.29) is 0 Å². The lowest BCUT2D eigenvalue weighted by atomic mass is 9.98. The second kappa shape index (κ2) is 6.77. The summed E-state index contributed by atoms with van der Waals surface area (Å²) in [5.41, 5.74) is 0. The van der Waals surface area contributed by atoms with Gasteiger partial charge in [-0.15, -0.1) is 0 Å². The molecule has 0 aliphatic carbocycles. The lowest BCUT2D eigenvalue weighted by Gasteiger charge is -2.30. The molecule has 3 rings (SSSR count). The second-order valence-electron chi connectivity index (χ2n) is 6.00. The summed E-state index contributed by atoms with van der Waals surface area (Å²) in [7, 11) is 0. The lowest BCUT2D eigenvalue weighted by molar-refractivity contribution is 0.213. The first-order valence-electron chi connectivity index (χ1n) is 7.84. The molecular weight excluding hydrogens is 280 g/mol. The van der Waals surface area contributed by atoms with Gasteiger partial charge in [0.2, 0.25) is 5.88 Å². The second-order valence-corrected chi connectivity index (χ2v) is 6.00. The van der Waals surface area contributed by atoms with Gasteiger partial charge in [-0.25, -0.2) is 4.98 Å². The third-order valence-electron chi connectivity index (χ3n) is 3.94. The number of ether oxygens (including phenoxy) is 1. The van der Waals surface area contributed by atoms with Crippen molar-refractivity contribution in [2.24, 2.45) is 5.92 Å². The van der Waals surface area contributed by atoms with E-state index in [1.165, 1.54) is 0 Å². The van der Waals surface area contributed by atoms with Gasteiger partial charge in [0.15, 0.2) is 5.82 Å². The highest BCUT2D eigenvalue weighted by Crippen LogP contribution is 2.23. The largest absolute Gasteiger partial charge is 0.477 e. The molecule has 1 aliphatic rings. The van der Waals surface area contributed by atoms with Crippen molar-refractivity contribution < 1.29 is 9.26 Å². The molecular formula is C16H22N4O2. The molecule has 1 fully saturated rings. The fourth-order valence-corrected chi connectivity index (χ4v) is 2.52. The van der Waals surface area contributed by atoms with Gasteiger partial charge in [0.05, 0.1) is 6.61 Å². The van der Waals surface area contributed by atoms with Crippen LogP contribution in [0.4, 0.5) is 6.01 Å². The zero-order valence-corrected chi connectivity index (χ0v) is 13.1. The quantitative estimate of drug-likeness (QED) is 0.846. The number of rotatable bonds is 5. The molecule has 0 saturated carbocycles. The van der Waals surface area contributed by atoms with Crippen LogP contribution in [0.1, 0.15) is 38.4 Å². The van der Waals surface area contributed by atoms with E-state index >= 15 is 0 Å². The van der Waals surface area contributed by atoms with Crippen LogP contribution < -0.4 is 9.64 Å². The van der Waals surface area contributed by atoms with Crippen molar-refractivity contribution in [1.82, 2.24) is 15.1 Å². The third kappa shape index (κ3) is 3.55. The molecule has 6 heteroatoms. The molecule has 1 aliphatic heterocycles. The Morgan fingerprint density at radius 3 is 2.77 bits per heavy atom. The van der Waals surface area contributed by atoms with Crippen LogP contribution in [0.25, 0.3) is 0 Å². The highest BCUT2D eigenvalue weighted by molar-refractivity contribution is 5.26. The number of pyridine rings is 1. The molecule has 2 aromatic heterocycles. The first kappa shape index (κ1) is 14.8. The lowest BCUT2D eigenvalue weighted by Crippen LogP contribution is -2.35. The Bertz CT molecular complexity index is 577. The molecule has 118 valence electrons. The average Bonchev–Trinajstić information content (AvgIpc) is 3.05. The van der Waals surface area contributed by atoms with Gasteiger partial charge in [0, 0.05) is 31.3 Å². The predicted molar refractivity (Wildman–Crippen MR) is 83.1 cm³/mol. The summed E-state index contributed by atoms with van der Waals surface area (Å²) in [6.45, 7) is 6.70. The molecule has 0 aromatic carbocycles. The van der Waals surface area contributed by atoms with E-state index in [0.717, 1.165) is 31.8 Å². The van der Waals surface area contributed by atoms with Crippen molar-refractivity contribution in [3.05, 3.63) is 30.2 Å². The molecule has 22 heavy (non-hydrogen) atoms. The SMILES string of the molecule is CC(C)c1noc(N2CCC(COc3ccccn3)CC2)n1. The van der Waals surface area contributed by atoms with Crippen molar-refractivity contribution in [2.45, 2.75) is 32.6 Å². The van der Waals surface area contributed by atoms with Crippen LogP contribution in [-0.4, -0.2) is 34.8 Å². The zero-order valence-electron chi connectivity index (χ0n) is 13.1. The van der Waals surface area contributed by atoms with Crippen LogP contribution in [0.3, 0.4) is 0 Å². The maximum Gasteiger partial charge on any atom is 0.324 e. The molecule has 0 unspecified atom stereocenters. The van der Waals surface area contributed by atoms with Gasteiger partial charge in [-0.05, 0) is 24.8 Å². The standard InChI is InChI=1S/C16H22N4O2/c1-12(2)15-18-16(22-19-15)20-9-6-13(7-10-20)11-21-14-5-3-4-8-17-14/h3-5,8,12-13H,6-7,9-11H2,1-2H3. The number of aromatic nitrogens is 3. The van der Waals surface area contributed by atoms with Crippen LogP contribution in [-0.2, 0) is 0 Å². The molecule has 3 heterocycles. The molecule has 0 atom stereocenters. The molecule has 0 amide bonds. The summed E-state index contributed by atoms with van der Waals surface area (Å²) in [5, 5.41) is 4.03. The molecule has 6 nitrogen and oxygen atoms in total. The number of nitrogens with zero attached hydrogens (tertiary/aromatic N) is 4. The average molecular weight is 302 g/mol. The summed E-state index contributed by atoms with van der Waals surface area (Å²) in [6.07, 6.45) is 3.87. The minimum absolute atomic E-state index is 0.293. The normalized spacial score (nSPS) is 16.2. The Morgan fingerprint density at radius 1 is 1.32 bits per heavy atom. The number of anilines is 1. The Labute approximate surface area is 130 Å². The third-order valence-corrected chi connectivity index (χ3v) is 3.94. The Hall–Kier alpha value is -2.11. The molecule has 1 saturated heterocycles. The summed E-state index contributed by atoms with van der Waals surface area (Å²) in [6, 6.07) is 6.36. The van der Waals surface area contributed by atoms with Gasteiger partial charge >= 0.3 is 6.01 Å². The maximum atomic E-state index is 5.74. The molecule has 0 radical (unpaired) electrons. The van der Waals surface area contributed by atoms with Gasteiger partial charge < -0.3 is 14.2 Å². The monoisotopic (exact) mass is 302 g/mol. The number of hydrogen-bond donors (Lipinski definition) is 0. The fourth-order valence-electron chi connectivity index (χ4n) is 2.52. The van der Waals surface area contributed by atoms with E-state index in [9.17, 15) is 0 Å². The molecule has 0 bridgehead atoms. The maximum absolute atomic E-state index is 5.74. The Balaban J connectivity index is 1.47.